The molecule has 1 aromatic rings. The molecular weight excluding hydrogens is 232 g/mol. The number of aliphatic hydroxyl groups is 1. The summed E-state index contributed by atoms with van der Waals surface area (Å²) >= 11 is 1.88. The first kappa shape index (κ1) is 14.0. The number of aliphatic hydroxyl groups excluding tert-OH is 1. The van der Waals surface area contributed by atoms with Crippen molar-refractivity contribution in [3.63, 3.8) is 0 Å². The zero-order chi connectivity index (χ0) is 12.5. The smallest absolute Gasteiger partial charge is 0.134 e. The SMILES string of the molecule is CCSCc1ccc(OC)c(C#CCCO)c1. The Morgan fingerprint density at radius 1 is 1.41 bits per heavy atom. The first-order valence-corrected chi connectivity index (χ1v) is 6.81. The highest BCUT2D eigenvalue weighted by molar-refractivity contribution is 7.98. The molecule has 0 amide bonds. The molecule has 0 radical (unpaired) electrons. The quantitative estimate of drug-likeness (QED) is 0.815. The highest BCUT2D eigenvalue weighted by Gasteiger charge is 2.01. The lowest BCUT2D eigenvalue weighted by molar-refractivity contribution is 0.305. The highest BCUT2D eigenvalue weighted by Crippen LogP contribution is 2.21. The summed E-state index contributed by atoms with van der Waals surface area (Å²) < 4.78 is 5.26. The Hall–Kier alpha value is -1.11. The lowest BCUT2D eigenvalue weighted by Gasteiger charge is -2.06. The molecular formula is C14H18O2S. The molecule has 3 heteroatoms. The van der Waals surface area contributed by atoms with Crippen LogP contribution in [-0.2, 0) is 5.75 Å². The van der Waals surface area contributed by atoms with Crippen LogP contribution in [-0.4, -0.2) is 24.6 Å². The van der Waals surface area contributed by atoms with Crippen molar-refractivity contribution < 1.29 is 9.84 Å². The Kier molecular flexibility index (Phi) is 6.61. The number of hydrogen-bond donors (Lipinski definition) is 1. The van der Waals surface area contributed by atoms with Gasteiger partial charge in [-0.2, -0.15) is 11.8 Å². The summed E-state index contributed by atoms with van der Waals surface area (Å²) in [6.45, 7) is 2.25. The van der Waals surface area contributed by atoms with E-state index in [4.69, 9.17) is 9.84 Å². The molecule has 1 N–H and O–H groups in total. The molecule has 2 nitrogen and oxygen atoms in total. The fraction of sp³-hybridized carbons (Fsp3) is 0.429. The molecule has 0 aliphatic heterocycles. The standard InChI is InChI=1S/C14H18O2S/c1-3-17-11-12-7-8-14(16-2)13(10-12)6-4-5-9-15/h7-8,10,15H,3,5,9,11H2,1-2H3. The summed E-state index contributed by atoms with van der Waals surface area (Å²) in [4.78, 5) is 0. The second-order valence-corrected chi connectivity index (χ2v) is 4.72. The Labute approximate surface area is 107 Å². The van der Waals surface area contributed by atoms with Crippen molar-refractivity contribution in [2.24, 2.45) is 0 Å². The van der Waals surface area contributed by atoms with Crippen LogP contribution >= 0.6 is 11.8 Å². The highest BCUT2D eigenvalue weighted by atomic mass is 32.2. The minimum atomic E-state index is 0.0979. The maximum Gasteiger partial charge on any atom is 0.134 e. The van der Waals surface area contributed by atoms with Crippen LogP contribution in [0, 0.1) is 11.8 Å². The van der Waals surface area contributed by atoms with Gasteiger partial charge in [0.25, 0.3) is 0 Å². The Bertz CT molecular complexity index is 404. The van der Waals surface area contributed by atoms with E-state index in [1.165, 1.54) is 5.56 Å². The van der Waals surface area contributed by atoms with Gasteiger partial charge in [0.1, 0.15) is 5.75 Å². The largest absolute Gasteiger partial charge is 0.495 e. The van der Waals surface area contributed by atoms with E-state index in [2.05, 4.69) is 30.9 Å². The fourth-order valence-corrected chi connectivity index (χ4v) is 2.00. The van der Waals surface area contributed by atoms with Gasteiger partial charge in [-0.1, -0.05) is 24.8 Å². The second kappa shape index (κ2) is 8.05. The van der Waals surface area contributed by atoms with Gasteiger partial charge >= 0.3 is 0 Å². The summed E-state index contributed by atoms with van der Waals surface area (Å²) in [6.07, 6.45) is 0.497. The molecule has 0 aliphatic rings. The molecule has 0 aromatic heterocycles. The van der Waals surface area contributed by atoms with Gasteiger partial charge in [0.15, 0.2) is 0 Å². The molecule has 1 aromatic carbocycles. The average molecular weight is 250 g/mol. The summed E-state index contributed by atoms with van der Waals surface area (Å²) in [5, 5.41) is 8.70. The predicted octanol–water partition coefficient (Wildman–Crippen LogP) is 2.68. The van der Waals surface area contributed by atoms with Crippen LogP contribution in [0.3, 0.4) is 0 Å². The molecule has 0 spiro atoms. The molecule has 92 valence electrons. The lowest BCUT2D eigenvalue weighted by atomic mass is 10.1. The van der Waals surface area contributed by atoms with Crippen LogP contribution in [0.15, 0.2) is 18.2 Å². The molecule has 1 rings (SSSR count). The molecule has 0 heterocycles. The summed E-state index contributed by atoms with van der Waals surface area (Å²) in [6, 6.07) is 6.08. The van der Waals surface area contributed by atoms with Crippen LogP contribution in [0.25, 0.3) is 0 Å². The number of methoxy groups -OCH3 is 1. The van der Waals surface area contributed by atoms with Crippen LogP contribution in [0.2, 0.25) is 0 Å². The van der Waals surface area contributed by atoms with Gasteiger partial charge < -0.3 is 9.84 Å². The van der Waals surface area contributed by atoms with Crippen LogP contribution in [0.1, 0.15) is 24.5 Å². The van der Waals surface area contributed by atoms with E-state index < -0.39 is 0 Å². The van der Waals surface area contributed by atoms with Crippen LogP contribution in [0.4, 0.5) is 0 Å². The molecule has 0 bridgehead atoms. The van der Waals surface area contributed by atoms with Crippen molar-refractivity contribution in [2.45, 2.75) is 19.1 Å². The topological polar surface area (TPSA) is 29.5 Å². The van der Waals surface area contributed by atoms with E-state index >= 15 is 0 Å². The maximum absolute atomic E-state index is 8.70. The zero-order valence-corrected chi connectivity index (χ0v) is 11.1. The average Bonchev–Trinajstić information content (AvgIpc) is 2.37. The molecule has 17 heavy (non-hydrogen) atoms. The molecule has 0 aliphatic carbocycles. The van der Waals surface area contributed by atoms with Gasteiger partial charge in [-0.15, -0.1) is 0 Å². The van der Waals surface area contributed by atoms with Gasteiger partial charge in [-0.25, -0.2) is 0 Å². The predicted molar refractivity (Wildman–Crippen MR) is 73.4 cm³/mol. The normalized spacial score (nSPS) is 9.59. The summed E-state index contributed by atoms with van der Waals surface area (Å²) in [5.41, 5.74) is 2.15. The van der Waals surface area contributed by atoms with E-state index in [1.807, 2.05) is 17.8 Å². The molecule has 0 atom stereocenters. The molecule has 0 fully saturated rings. The van der Waals surface area contributed by atoms with Crippen molar-refractivity contribution in [1.82, 2.24) is 0 Å². The van der Waals surface area contributed by atoms with Crippen LogP contribution in [0.5, 0.6) is 5.75 Å². The number of thioether (sulfide) groups is 1. The third-order valence-corrected chi connectivity index (χ3v) is 3.14. The zero-order valence-electron chi connectivity index (χ0n) is 10.3. The third-order valence-electron chi connectivity index (χ3n) is 2.20. The van der Waals surface area contributed by atoms with Crippen molar-refractivity contribution in [3.8, 4) is 17.6 Å². The van der Waals surface area contributed by atoms with Gasteiger partial charge in [0, 0.05) is 12.2 Å². The summed E-state index contributed by atoms with van der Waals surface area (Å²) in [5.74, 6) is 8.86. The molecule has 0 saturated carbocycles. The van der Waals surface area contributed by atoms with E-state index in [-0.39, 0.29) is 6.61 Å². The van der Waals surface area contributed by atoms with Crippen molar-refractivity contribution in [2.75, 3.05) is 19.5 Å². The minimum absolute atomic E-state index is 0.0979. The Morgan fingerprint density at radius 2 is 2.24 bits per heavy atom. The monoisotopic (exact) mass is 250 g/mol. The van der Waals surface area contributed by atoms with Crippen molar-refractivity contribution >= 4 is 11.8 Å². The van der Waals surface area contributed by atoms with Crippen molar-refractivity contribution in [3.05, 3.63) is 29.3 Å². The van der Waals surface area contributed by atoms with E-state index in [9.17, 15) is 0 Å². The maximum atomic E-state index is 8.70. The second-order valence-electron chi connectivity index (χ2n) is 3.45. The van der Waals surface area contributed by atoms with Crippen molar-refractivity contribution in [1.29, 1.82) is 0 Å². The number of ether oxygens (including phenoxy) is 1. The number of rotatable bonds is 5. The Balaban J connectivity index is 2.87. The molecule has 0 saturated heterocycles. The lowest BCUT2D eigenvalue weighted by Crippen LogP contribution is -1.90. The number of benzene rings is 1. The third kappa shape index (κ3) is 4.72. The minimum Gasteiger partial charge on any atom is -0.495 e. The van der Waals surface area contributed by atoms with Gasteiger partial charge in [0.2, 0.25) is 0 Å². The fourth-order valence-electron chi connectivity index (χ4n) is 1.38. The Morgan fingerprint density at radius 3 is 2.88 bits per heavy atom. The van der Waals surface area contributed by atoms with Gasteiger partial charge in [-0.3, -0.25) is 0 Å². The first-order chi connectivity index (χ1) is 8.31. The van der Waals surface area contributed by atoms with E-state index in [1.54, 1.807) is 7.11 Å². The van der Waals surface area contributed by atoms with E-state index in [0.717, 1.165) is 22.8 Å². The van der Waals surface area contributed by atoms with E-state index in [0.29, 0.717) is 6.42 Å². The number of hydrogen-bond acceptors (Lipinski definition) is 3. The van der Waals surface area contributed by atoms with Gasteiger partial charge in [0.05, 0.1) is 19.3 Å². The first-order valence-electron chi connectivity index (χ1n) is 5.66. The summed E-state index contributed by atoms with van der Waals surface area (Å²) in [7, 11) is 1.65. The molecule has 0 unspecified atom stereocenters. The van der Waals surface area contributed by atoms with Gasteiger partial charge in [-0.05, 0) is 23.4 Å². The van der Waals surface area contributed by atoms with Crippen LogP contribution < -0.4 is 4.74 Å².